The van der Waals surface area contributed by atoms with E-state index in [1.165, 1.54) is 0 Å². The highest BCUT2D eigenvalue weighted by atomic mass is 16.2. The van der Waals surface area contributed by atoms with E-state index in [0.29, 0.717) is 6.54 Å². The largest absolute Gasteiger partial charge is 0.354 e. The maximum atomic E-state index is 12.0. The summed E-state index contributed by atoms with van der Waals surface area (Å²) in [6.45, 7) is 10.6. The normalized spacial score (nSPS) is 11.8. The van der Waals surface area contributed by atoms with Gasteiger partial charge in [-0.2, -0.15) is 0 Å². The van der Waals surface area contributed by atoms with Crippen molar-refractivity contribution in [1.29, 1.82) is 0 Å². The van der Waals surface area contributed by atoms with Gasteiger partial charge >= 0.3 is 0 Å². The van der Waals surface area contributed by atoms with Crippen molar-refractivity contribution in [3.05, 3.63) is 60.2 Å². The number of likely N-dealkylation sites (N-methyl/N-ethyl adjacent to an activating group) is 1. The van der Waals surface area contributed by atoms with Crippen LogP contribution in [0.25, 0.3) is 0 Å². The molecule has 0 aliphatic carbocycles. The first-order chi connectivity index (χ1) is 13.3. The molecule has 0 atom stereocenters. The second-order valence-corrected chi connectivity index (χ2v) is 8.16. The number of nitrogens with one attached hydrogen (secondary N) is 1. The first kappa shape index (κ1) is 22.0. The zero-order valence-electron chi connectivity index (χ0n) is 17.6. The fourth-order valence-corrected chi connectivity index (χ4v) is 2.70. The van der Waals surface area contributed by atoms with E-state index in [2.05, 4.69) is 44.3 Å². The Bertz CT molecular complexity index is 658. The standard InChI is InChI=1S/C22H33N5O/c1-22(2,3)21(28)25-13-14-26(4)15-16-27(17-19-9-5-7-11-23-19)18-20-10-6-8-12-24-20/h5-12H,13-18H2,1-4H3,(H,25,28). The van der Waals surface area contributed by atoms with Gasteiger partial charge in [-0.1, -0.05) is 32.9 Å². The molecule has 1 amide bonds. The van der Waals surface area contributed by atoms with Crippen molar-refractivity contribution < 1.29 is 4.79 Å². The zero-order chi connectivity index (χ0) is 20.4. The van der Waals surface area contributed by atoms with Crippen LogP contribution in [0.5, 0.6) is 0 Å². The van der Waals surface area contributed by atoms with Gasteiger partial charge in [0, 0.05) is 57.1 Å². The van der Waals surface area contributed by atoms with Gasteiger partial charge in [-0.05, 0) is 31.3 Å². The van der Waals surface area contributed by atoms with E-state index >= 15 is 0 Å². The molecule has 6 nitrogen and oxygen atoms in total. The lowest BCUT2D eigenvalue weighted by Gasteiger charge is -2.25. The van der Waals surface area contributed by atoms with Gasteiger partial charge < -0.3 is 10.2 Å². The number of amides is 1. The predicted molar refractivity (Wildman–Crippen MR) is 113 cm³/mol. The SMILES string of the molecule is CN(CCNC(=O)C(C)(C)C)CCN(Cc1ccccn1)Cc1ccccn1. The summed E-state index contributed by atoms with van der Waals surface area (Å²) in [7, 11) is 2.09. The molecule has 2 heterocycles. The molecule has 0 radical (unpaired) electrons. The average Bonchev–Trinajstić information content (AvgIpc) is 2.67. The van der Waals surface area contributed by atoms with E-state index in [4.69, 9.17) is 0 Å². The number of pyridine rings is 2. The summed E-state index contributed by atoms with van der Waals surface area (Å²) in [5, 5.41) is 3.01. The molecule has 0 bridgehead atoms. The minimum atomic E-state index is -0.346. The van der Waals surface area contributed by atoms with Gasteiger partial charge in [-0.3, -0.25) is 19.7 Å². The van der Waals surface area contributed by atoms with Crippen LogP contribution >= 0.6 is 0 Å². The number of carbonyl (C=O) groups excluding carboxylic acids is 1. The Balaban J connectivity index is 1.84. The Morgan fingerprint density at radius 1 is 0.929 bits per heavy atom. The van der Waals surface area contributed by atoms with E-state index in [1.807, 2.05) is 57.4 Å². The van der Waals surface area contributed by atoms with E-state index in [-0.39, 0.29) is 11.3 Å². The van der Waals surface area contributed by atoms with Gasteiger partial charge in [0.25, 0.3) is 0 Å². The molecule has 0 spiro atoms. The van der Waals surface area contributed by atoms with Gasteiger partial charge in [-0.25, -0.2) is 0 Å². The van der Waals surface area contributed by atoms with Crippen LogP contribution in [0.4, 0.5) is 0 Å². The number of nitrogens with zero attached hydrogens (tertiary/aromatic N) is 4. The van der Waals surface area contributed by atoms with Crippen LogP contribution in [0, 0.1) is 5.41 Å². The fourth-order valence-electron chi connectivity index (χ4n) is 2.70. The van der Waals surface area contributed by atoms with Crippen LogP contribution in [0.2, 0.25) is 0 Å². The molecule has 0 aliphatic heterocycles. The number of hydrogen-bond donors (Lipinski definition) is 1. The van der Waals surface area contributed by atoms with E-state index in [9.17, 15) is 4.79 Å². The predicted octanol–water partition coefficient (Wildman–Crippen LogP) is 2.57. The first-order valence-electron chi connectivity index (χ1n) is 9.83. The third kappa shape index (κ3) is 8.15. The van der Waals surface area contributed by atoms with Crippen LogP contribution in [0.3, 0.4) is 0 Å². The molecule has 1 N–H and O–H groups in total. The van der Waals surface area contributed by atoms with Gasteiger partial charge in [0.05, 0.1) is 11.4 Å². The maximum Gasteiger partial charge on any atom is 0.225 e. The van der Waals surface area contributed by atoms with Crippen molar-refractivity contribution in [1.82, 2.24) is 25.1 Å². The molecule has 0 aromatic carbocycles. The second-order valence-electron chi connectivity index (χ2n) is 8.16. The Hall–Kier alpha value is -2.31. The number of hydrogen-bond acceptors (Lipinski definition) is 5. The minimum Gasteiger partial charge on any atom is -0.354 e. The smallest absolute Gasteiger partial charge is 0.225 e. The van der Waals surface area contributed by atoms with Gasteiger partial charge in [0.2, 0.25) is 5.91 Å². The molecule has 2 aromatic heterocycles. The number of carbonyl (C=O) groups is 1. The average molecular weight is 384 g/mol. The van der Waals surface area contributed by atoms with Gasteiger partial charge in [0.15, 0.2) is 0 Å². The Kier molecular flexibility index (Phi) is 8.54. The van der Waals surface area contributed by atoms with Gasteiger partial charge in [0.1, 0.15) is 0 Å². The summed E-state index contributed by atoms with van der Waals surface area (Å²) in [5.41, 5.74) is 1.76. The molecule has 2 rings (SSSR count). The third-order valence-corrected chi connectivity index (χ3v) is 4.48. The van der Waals surface area contributed by atoms with Crippen molar-refractivity contribution in [2.24, 2.45) is 5.41 Å². The van der Waals surface area contributed by atoms with Gasteiger partial charge in [-0.15, -0.1) is 0 Å². The van der Waals surface area contributed by atoms with Crippen molar-refractivity contribution in [3.8, 4) is 0 Å². The molecule has 2 aromatic rings. The van der Waals surface area contributed by atoms with E-state index in [1.54, 1.807) is 0 Å². The molecule has 152 valence electrons. The summed E-state index contributed by atoms with van der Waals surface area (Å²) in [6, 6.07) is 12.0. The maximum absolute atomic E-state index is 12.0. The van der Waals surface area contributed by atoms with Crippen molar-refractivity contribution in [2.75, 3.05) is 33.2 Å². The van der Waals surface area contributed by atoms with Crippen LogP contribution < -0.4 is 5.32 Å². The van der Waals surface area contributed by atoms with Crippen LogP contribution in [0.15, 0.2) is 48.8 Å². The Morgan fingerprint density at radius 3 is 1.96 bits per heavy atom. The summed E-state index contributed by atoms with van der Waals surface area (Å²) < 4.78 is 0. The molecular weight excluding hydrogens is 350 g/mol. The summed E-state index contributed by atoms with van der Waals surface area (Å²) in [6.07, 6.45) is 3.66. The van der Waals surface area contributed by atoms with E-state index in [0.717, 1.165) is 44.1 Å². The topological polar surface area (TPSA) is 61.4 Å². The Morgan fingerprint density at radius 2 is 1.50 bits per heavy atom. The summed E-state index contributed by atoms with van der Waals surface area (Å²) >= 11 is 0. The number of rotatable bonds is 10. The molecule has 0 saturated carbocycles. The molecule has 6 heteroatoms. The summed E-state index contributed by atoms with van der Waals surface area (Å²) in [5.74, 6) is 0.0906. The van der Waals surface area contributed by atoms with Crippen molar-refractivity contribution in [3.63, 3.8) is 0 Å². The van der Waals surface area contributed by atoms with Crippen LogP contribution in [-0.2, 0) is 17.9 Å². The lowest BCUT2D eigenvalue weighted by atomic mass is 9.96. The Labute approximate surface area is 169 Å². The minimum absolute atomic E-state index is 0.0906. The lowest BCUT2D eigenvalue weighted by Crippen LogP contribution is -2.40. The zero-order valence-corrected chi connectivity index (χ0v) is 17.6. The molecule has 0 saturated heterocycles. The molecule has 28 heavy (non-hydrogen) atoms. The van der Waals surface area contributed by atoms with Crippen LogP contribution in [0.1, 0.15) is 32.2 Å². The molecule has 0 aliphatic rings. The van der Waals surface area contributed by atoms with Crippen molar-refractivity contribution in [2.45, 2.75) is 33.9 Å². The quantitative estimate of drug-likeness (QED) is 0.683. The molecular formula is C22H33N5O. The first-order valence-corrected chi connectivity index (χ1v) is 9.83. The highest BCUT2D eigenvalue weighted by Gasteiger charge is 2.20. The van der Waals surface area contributed by atoms with E-state index < -0.39 is 0 Å². The number of aromatic nitrogens is 2. The third-order valence-electron chi connectivity index (χ3n) is 4.48. The highest BCUT2D eigenvalue weighted by molar-refractivity contribution is 5.81. The molecule has 0 fully saturated rings. The summed E-state index contributed by atoms with van der Waals surface area (Å²) in [4.78, 5) is 25.5. The van der Waals surface area contributed by atoms with Crippen LogP contribution in [-0.4, -0.2) is 58.9 Å². The second kappa shape index (κ2) is 10.9. The fraction of sp³-hybridized carbons (Fsp3) is 0.500. The van der Waals surface area contributed by atoms with Crippen molar-refractivity contribution >= 4 is 5.91 Å². The lowest BCUT2D eigenvalue weighted by molar-refractivity contribution is -0.128. The monoisotopic (exact) mass is 383 g/mol. The highest BCUT2D eigenvalue weighted by Crippen LogP contribution is 2.12. The molecule has 0 unspecified atom stereocenters.